The number of hydrogen-bond donors (Lipinski definition) is 0. The SMILES string of the molecule is CC1CC(N2CCCC2)CCO1. The fourth-order valence-electron chi connectivity index (χ4n) is 2.41. The number of likely N-dealkylation sites (tertiary alicyclic amines) is 1. The summed E-state index contributed by atoms with van der Waals surface area (Å²) in [7, 11) is 0. The van der Waals surface area contributed by atoms with Gasteiger partial charge in [-0.2, -0.15) is 0 Å². The molecule has 0 radical (unpaired) electrons. The molecule has 0 N–H and O–H groups in total. The smallest absolute Gasteiger partial charge is 0.0561 e. The topological polar surface area (TPSA) is 12.5 Å². The van der Waals surface area contributed by atoms with Crippen molar-refractivity contribution in [1.82, 2.24) is 4.90 Å². The van der Waals surface area contributed by atoms with Gasteiger partial charge in [0.05, 0.1) is 6.10 Å². The molecule has 2 fully saturated rings. The molecule has 12 heavy (non-hydrogen) atoms. The summed E-state index contributed by atoms with van der Waals surface area (Å²) in [6, 6.07) is 0.830. The predicted octanol–water partition coefficient (Wildman–Crippen LogP) is 1.65. The van der Waals surface area contributed by atoms with E-state index in [2.05, 4.69) is 11.8 Å². The highest BCUT2D eigenvalue weighted by Crippen LogP contribution is 2.22. The van der Waals surface area contributed by atoms with E-state index in [1.165, 1.54) is 38.8 Å². The van der Waals surface area contributed by atoms with Crippen molar-refractivity contribution in [2.45, 2.75) is 44.8 Å². The second kappa shape index (κ2) is 3.75. The van der Waals surface area contributed by atoms with Gasteiger partial charge in [0.15, 0.2) is 0 Å². The van der Waals surface area contributed by atoms with Crippen LogP contribution in [0.15, 0.2) is 0 Å². The quantitative estimate of drug-likeness (QED) is 0.592. The van der Waals surface area contributed by atoms with E-state index in [4.69, 9.17) is 4.74 Å². The van der Waals surface area contributed by atoms with Crippen LogP contribution in [-0.2, 0) is 4.74 Å². The standard InChI is InChI=1S/C10H19NO/c1-9-8-10(4-7-12-9)11-5-2-3-6-11/h9-10H,2-8H2,1H3. The lowest BCUT2D eigenvalue weighted by atomic mass is 10.0. The van der Waals surface area contributed by atoms with Crippen molar-refractivity contribution >= 4 is 0 Å². The van der Waals surface area contributed by atoms with Crippen LogP contribution in [-0.4, -0.2) is 36.7 Å². The molecule has 0 saturated carbocycles. The van der Waals surface area contributed by atoms with Crippen LogP contribution >= 0.6 is 0 Å². The van der Waals surface area contributed by atoms with E-state index >= 15 is 0 Å². The van der Waals surface area contributed by atoms with Gasteiger partial charge < -0.3 is 9.64 Å². The molecule has 2 rings (SSSR count). The van der Waals surface area contributed by atoms with Crippen LogP contribution in [0, 0.1) is 0 Å². The average molecular weight is 169 g/mol. The third-order valence-corrected chi connectivity index (χ3v) is 3.11. The minimum atomic E-state index is 0.490. The van der Waals surface area contributed by atoms with Crippen molar-refractivity contribution in [2.24, 2.45) is 0 Å². The van der Waals surface area contributed by atoms with Gasteiger partial charge in [0.1, 0.15) is 0 Å². The molecule has 2 nitrogen and oxygen atoms in total. The van der Waals surface area contributed by atoms with Gasteiger partial charge in [0.2, 0.25) is 0 Å². The summed E-state index contributed by atoms with van der Waals surface area (Å²) < 4.78 is 5.54. The van der Waals surface area contributed by atoms with Crippen LogP contribution in [0.2, 0.25) is 0 Å². The van der Waals surface area contributed by atoms with Crippen molar-refractivity contribution in [2.75, 3.05) is 19.7 Å². The highest BCUT2D eigenvalue weighted by molar-refractivity contribution is 4.80. The van der Waals surface area contributed by atoms with E-state index < -0.39 is 0 Å². The van der Waals surface area contributed by atoms with E-state index in [1.807, 2.05) is 0 Å². The summed E-state index contributed by atoms with van der Waals surface area (Å²) in [6.07, 6.45) is 5.81. The zero-order valence-electron chi connectivity index (χ0n) is 7.96. The van der Waals surface area contributed by atoms with E-state index in [9.17, 15) is 0 Å². The molecule has 0 aliphatic carbocycles. The minimum absolute atomic E-state index is 0.490. The average Bonchev–Trinajstić information content (AvgIpc) is 2.56. The van der Waals surface area contributed by atoms with Crippen molar-refractivity contribution in [1.29, 1.82) is 0 Å². The molecule has 0 aromatic carbocycles. The maximum Gasteiger partial charge on any atom is 0.0561 e. The molecule has 0 spiro atoms. The molecule has 0 bridgehead atoms. The molecule has 2 aliphatic rings. The van der Waals surface area contributed by atoms with Gasteiger partial charge in [0.25, 0.3) is 0 Å². The van der Waals surface area contributed by atoms with Gasteiger partial charge in [-0.3, -0.25) is 0 Å². The second-order valence-electron chi connectivity index (χ2n) is 4.10. The number of nitrogens with zero attached hydrogens (tertiary/aromatic N) is 1. The fraction of sp³-hybridized carbons (Fsp3) is 1.00. The molecular weight excluding hydrogens is 150 g/mol. The van der Waals surface area contributed by atoms with Crippen molar-refractivity contribution in [3.8, 4) is 0 Å². The zero-order valence-corrected chi connectivity index (χ0v) is 7.96. The Hall–Kier alpha value is -0.0800. The molecule has 2 atom stereocenters. The Morgan fingerprint density at radius 1 is 1.25 bits per heavy atom. The Labute approximate surface area is 74.9 Å². The lowest BCUT2D eigenvalue weighted by molar-refractivity contribution is -0.0122. The van der Waals surface area contributed by atoms with Gasteiger partial charge in [-0.25, -0.2) is 0 Å². The number of ether oxygens (including phenoxy) is 1. The Kier molecular flexibility index (Phi) is 2.66. The monoisotopic (exact) mass is 169 g/mol. The Morgan fingerprint density at radius 3 is 2.67 bits per heavy atom. The third kappa shape index (κ3) is 1.80. The first-order valence-electron chi connectivity index (χ1n) is 5.22. The van der Waals surface area contributed by atoms with E-state index in [0.717, 1.165) is 12.6 Å². The molecule has 2 heterocycles. The maximum absolute atomic E-state index is 5.54. The summed E-state index contributed by atoms with van der Waals surface area (Å²) in [5.41, 5.74) is 0. The minimum Gasteiger partial charge on any atom is -0.378 e. The van der Waals surface area contributed by atoms with Gasteiger partial charge in [-0.1, -0.05) is 0 Å². The van der Waals surface area contributed by atoms with Crippen LogP contribution in [0.1, 0.15) is 32.6 Å². The Morgan fingerprint density at radius 2 is 2.00 bits per heavy atom. The number of hydrogen-bond acceptors (Lipinski definition) is 2. The van der Waals surface area contributed by atoms with E-state index in [1.54, 1.807) is 0 Å². The van der Waals surface area contributed by atoms with E-state index in [0.29, 0.717) is 6.10 Å². The largest absolute Gasteiger partial charge is 0.378 e. The molecule has 0 aromatic heterocycles. The fourth-order valence-corrected chi connectivity index (χ4v) is 2.41. The molecule has 2 saturated heterocycles. The van der Waals surface area contributed by atoms with Crippen LogP contribution in [0.4, 0.5) is 0 Å². The second-order valence-corrected chi connectivity index (χ2v) is 4.10. The summed E-state index contributed by atoms with van der Waals surface area (Å²) >= 11 is 0. The van der Waals surface area contributed by atoms with Gasteiger partial charge in [-0.15, -0.1) is 0 Å². The highest BCUT2D eigenvalue weighted by atomic mass is 16.5. The normalized spacial score (nSPS) is 38.8. The van der Waals surface area contributed by atoms with Crippen molar-refractivity contribution in [3.63, 3.8) is 0 Å². The van der Waals surface area contributed by atoms with Gasteiger partial charge in [0, 0.05) is 12.6 Å². The van der Waals surface area contributed by atoms with Crippen LogP contribution in [0.25, 0.3) is 0 Å². The molecule has 2 aliphatic heterocycles. The van der Waals surface area contributed by atoms with Crippen molar-refractivity contribution < 1.29 is 4.74 Å². The maximum atomic E-state index is 5.54. The van der Waals surface area contributed by atoms with Gasteiger partial charge in [-0.05, 0) is 45.7 Å². The Balaban J connectivity index is 1.85. The van der Waals surface area contributed by atoms with Gasteiger partial charge >= 0.3 is 0 Å². The van der Waals surface area contributed by atoms with Crippen LogP contribution in [0.5, 0.6) is 0 Å². The lowest BCUT2D eigenvalue weighted by Gasteiger charge is -2.33. The van der Waals surface area contributed by atoms with Crippen LogP contribution in [0.3, 0.4) is 0 Å². The third-order valence-electron chi connectivity index (χ3n) is 3.11. The lowest BCUT2D eigenvalue weighted by Crippen LogP contribution is -2.39. The molecule has 2 heteroatoms. The van der Waals surface area contributed by atoms with E-state index in [-0.39, 0.29) is 0 Å². The molecular formula is C10H19NO. The first kappa shape index (κ1) is 8.52. The molecule has 0 amide bonds. The molecule has 70 valence electrons. The summed E-state index contributed by atoms with van der Waals surface area (Å²) in [6.45, 7) is 5.83. The first-order valence-corrected chi connectivity index (χ1v) is 5.22. The number of rotatable bonds is 1. The predicted molar refractivity (Wildman–Crippen MR) is 49.2 cm³/mol. The molecule has 2 unspecified atom stereocenters. The zero-order chi connectivity index (χ0) is 8.39. The summed E-state index contributed by atoms with van der Waals surface area (Å²) in [5, 5.41) is 0. The molecule has 0 aromatic rings. The summed E-state index contributed by atoms with van der Waals surface area (Å²) in [4.78, 5) is 2.65. The van der Waals surface area contributed by atoms with Crippen LogP contribution < -0.4 is 0 Å². The highest BCUT2D eigenvalue weighted by Gasteiger charge is 2.26. The first-order chi connectivity index (χ1) is 5.86. The van der Waals surface area contributed by atoms with Crippen molar-refractivity contribution in [3.05, 3.63) is 0 Å². The Bertz CT molecular complexity index is 143. The summed E-state index contributed by atoms with van der Waals surface area (Å²) in [5.74, 6) is 0.